The summed E-state index contributed by atoms with van der Waals surface area (Å²) in [5.74, 6) is -0.325. The van der Waals surface area contributed by atoms with Gasteiger partial charge in [-0.15, -0.1) is 0 Å². The highest BCUT2D eigenvalue weighted by molar-refractivity contribution is 6.35. The Kier molecular flexibility index (Phi) is 7.90. The molecule has 2 aromatic carbocycles. The van der Waals surface area contributed by atoms with Gasteiger partial charge in [0.25, 0.3) is 0 Å². The first-order valence-corrected chi connectivity index (χ1v) is 10.1. The summed E-state index contributed by atoms with van der Waals surface area (Å²) >= 11 is 12.3. The molecule has 150 valence electrons. The Morgan fingerprint density at radius 1 is 1.07 bits per heavy atom. The van der Waals surface area contributed by atoms with Crippen LogP contribution in [0.2, 0.25) is 10.0 Å². The van der Waals surface area contributed by atoms with E-state index in [9.17, 15) is 9.59 Å². The molecule has 0 heterocycles. The summed E-state index contributed by atoms with van der Waals surface area (Å²) in [4.78, 5) is 27.1. The lowest BCUT2D eigenvalue weighted by Gasteiger charge is -2.29. The second-order valence-electron chi connectivity index (χ2n) is 6.92. The molecule has 0 radical (unpaired) electrons. The molecule has 0 unspecified atom stereocenters. The first-order valence-electron chi connectivity index (χ1n) is 9.30. The number of nitrogens with zero attached hydrogens (tertiary/aromatic N) is 1. The predicted octanol–water partition coefficient (Wildman–Crippen LogP) is 4.71. The van der Waals surface area contributed by atoms with Gasteiger partial charge in [0.1, 0.15) is 6.04 Å². The Labute approximate surface area is 176 Å². The van der Waals surface area contributed by atoms with Gasteiger partial charge in [-0.05, 0) is 62.1 Å². The number of hydrogen-bond acceptors (Lipinski definition) is 2. The van der Waals surface area contributed by atoms with Crippen molar-refractivity contribution in [3.05, 3.63) is 68.7 Å². The lowest BCUT2D eigenvalue weighted by molar-refractivity contribution is -0.140. The molecule has 1 atom stereocenters. The molecular formula is C22H26Cl2N2O2. The molecular weight excluding hydrogens is 395 g/mol. The molecule has 0 aromatic heterocycles. The number of carbonyl (C=O) groups excluding carboxylic acids is 2. The number of halogens is 2. The van der Waals surface area contributed by atoms with Gasteiger partial charge in [0, 0.05) is 23.1 Å². The van der Waals surface area contributed by atoms with Crippen molar-refractivity contribution in [1.82, 2.24) is 10.2 Å². The standard InChI is InChI=1S/C22H26Cl2N2O2/c1-5-25-22(28)16(4)26(13-18-8-9-19(23)12-20(18)24)21(27)11-17-7-6-14(2)15(3)10-17/h6-10,12,16H,5,11,13H2,1-4H3,(H,25,28)/t16-/m1/s1. The summed E-state index contributed by atoms with van der Waals surface area (Å²) in [6.07, 6.45) is 0.218. The molecule has 28 heavy (non-hydrogen) atoms. The Bertz CT molecular complexity index is 868. The zero-order chi connectivity index (χ0) is 20.8. The van der Waals surface area contributed by atoms with Crippen LogP contribution in [0.4, 0.5) is 0 Å². The number of likely N-dealkylation sites (N-methyl/N-ethyl adjacent to an activating group) is 1. The summed E-state index contributed by atoms with van der Waals surface area (Å²) < 4.78 is 0. The van der Waals surface area contributed by atoms with E-state index < -0.39 is 6.04 Å². The SMILES string of the molecule is CCNC(=O)[C@@H](C)N(Cc1ccc(Cl)cc1Cl)C(=O)Cc1ccc(C)c(C)c1. The van der Waals surface area contributed by atoms with Crippen molar-refractivity contribution >= 4 is 35.0 Å². The maximum atomic E-state index is 13.1. The lowest BCUT2D eigenvalue weighted by atomic mass is 10.0. The fourth-order valence-electron chi connectivity index (χ4n) is 2.93. The van der Waals surface area contributed by atoms with Gasteiger partial charge in [-0.2, -0.15) is 0 Å². The van der Waals surface area contributed by atoms with Crippen molar-refractivity contribution in [2.24, 2.45) is 0 Å². The number of rotatable bonds is 7. The number of amides is 2. The summed E-state index contributed by atoms with van der Waals surface area (Å²) in [6, 6.07) is 10.5. The van der Waals surface area contributed by atoms with E-state index in [1.54, 1.807) is 30.0 Å². The number of aryl methyl sites for hydroxylation is 2. The van der Waals surface area contributed by atoms with E-state index in [4.69, 9.17) is 23.2 Å². The van der Waals surface area contributed by atoms with E-state index >= 15 is 0 Å². The highest BCUT2D eigenvalue weighted by Gasteiger charge is 2.26. The zero-order valence-corrected chi connectivity index (χ0v) is 18.2. The quantitative estimate of drug-likeness (QED) is 0.704. The third-order valence-corrected chi connectivity index (χ3v) is 5.39. The fourth-order valence-corrected chi connectivity index (χ4v) is 3.40. The average molecular weight is 421 g/mol. The van der Waals surface area contributed by atoms with E-state index in [2.05, 4.69) is 5.32 Å². The van der Waals surface area contributed by atoms with Crippen molar-refractivity contribution in [2.45, 2.75) is 46.7 Å². The van der Waals surface area contributed by atoms with Crippen LogP contribution < -0.4 is 5.32 Å². The molecule has 0 spiro atoms. The van der Waals surface area contributed by atoms with Crippen molar-refractivity contribution < 1.29 is 9.59 Å². The van der Waals surface area contributed by atoms with Gasteiger partial charge < -0.3 is 10.2 Å². The van der Waals surface area contributed by atoms with E-state index in [0.29, 0.717) is 16.6 Å². The highest BCUT2D eigenvalue weighted by atomic mass is 35.5. The van der Waals surface area contributed by atoms with Crippen LogP contribution in [-0.2, 0) is 22.6 Å². The maximum Gasteiger partial charge on any atom is 0.242 e. The summed E-state index contributed by atoms with van der Waals surface area (Å²) in [5, 5.41) is 3.78. The van der Waals surface area contributed by atoms with Gasteiger partial charge in [-0.3, -0.25) is 9.59 Å². The summed E-state index contributed by atoms with van der Waals surface area (Å²) in [7, 11) is 0. The molecule has 0 bridgehead atoms. The Morgan fingerprint density at radius 3 is 2.39 bits per heavy atom. The molecule has 0 saturated carbocycles. The van der Waals surface area contributed by atoms with Gasteiger partial charge in [0.2, 0.25) is 11.8 Å². The van der Waals surface area contributed by atoms with Crippen molar-refractivity contribution in [2.75, 3.05) is 6.54 Å². The first-order chi connectivity index (χ1) is 13.2. The number of carbonyl (C=O) groups is 2. The molecule has 0 aliphatic rings. The topological polar surface area (TPSA) is 49.4 Å². The number of nitrogens with one attached hydrogen (secondary N) is 1. The Hall–Kier alpha value is -2.04. The van der Waals surface area contributed by atoms with Gasteiger partial charge in [0.15, 0.2) is 0 Å². The average Bonchev–Trinajstić information content (AvgIpc) is 2.63. The minimum Gasteiger partial charge on any atom is -0.355 e. The largest absolute Gasteiger partial charge is 0.355 e. The molecule has 2 amide bonds. The molecule has 1 N–H and O–H groups in total. The molecule has 0 aliphatic carbocycles. The van der Waals surface area contributed by atoms with Crippen LogP contribution in [0.15, 0.2) is 36.4 Å². The van der Waals surface area contributed by atoms with Gasteiger partial charge >= 0.3 is 0 Å². The van der Waals surface area contributed by atoms with Crippen molar-refractivity contribution in [3.63, 3.8) is 0 Å². The molecule has 0 fully saturated rings. The summed E-state index contributed by atoms with van der Waals surface area (Å²) in [5.41, 5.74) is 3.98. The van der Waals surface area contributed by atoms with Crippen LogP contribution in [0.25, 0.3) is 0 Å². The second kappa shape index (κ2) is 9.94. The highest BCUT2D eigenvalue weighted by Crippen LogP contribution is 2.23. The third-order valence-electron chi connectivity index (χ3n) is 4.80. The van der Waals surface area contributed by atoms with Crippen LogP contribution in [0.1, 0.15) is 36.1 Å². The predicted molar refractivity (Wildman–Crippen MR) is 115 cm³/mol. The van der Waals surface area contributed by atoms with Crippen molar-refractivity contribution in [1.29, 1.82) is 0 Å². The van der Waals surface area contributed by atoms with E-state index in [1.165, 1.54) is 5.56 Å². The summed E-state index contributed by atoms with van der Waals surface area (Å²) in [6.45, 7) is 8.37. The molecule has 6 heteroatoms. The Morgan fingerprint density at radius 2 is 1.79 bits per heavy atom. The molecule has 4 nitrogen and oxygen atoms in total. The van der Waals surface area contributed by atoms with E-state index in [1.807, 2.05) is 39.0 Å². The van der Waals surface area contributed by atoms with Crippen molar-refractivity contribution in [3.8, 4) is 0 Å². The van der Waals surface area contributed by atoms with E-state index in [0.717, 1.165) is 16.7 Å². The van der Waals surface area contributed by atoms with Crippen LogP contribution in [0, 0.1) is 13.8 Å². The normalized spacial score (nSPS) is 11.8. The zero-order valence-electron chi connectivity index (χ0n) is 16.7. The van der Waals surface area contributed by atoms with Crippen LogP contribution in [0.3, 0.4) is 0 Å². The molecule has 0 saturated heterocycles. The smallest absolute Gasteiger partial charge is 0.242 e. The second-order valence-corrected chi connectivity index (χ2v) is 7.77. The molecule has 0 aliphatic heterocycles. The molecule has 2 aromatic rings. The lowest BCUT2D eigenvalue weighted by Crippen LogP contribution is -2.48. The third kappa shape index (κ3) is 5.73. The van der Waals surface area contributed by atoms with Crippen LogP contribution in [0.5, 0.6) is 0 Å². The first kappa shape index (κ1) is 22.3. The van der Waals surface area contributed by atoms with Gasteiger partial charge in [-0.1, -0.05) is 47.5 Å². The van der Waals surface area contributed by atoms with Gasteiger partial charge in [-0.25, -0.2) is 0 Å². The molecule has 2 rings (SSSR count). The van der Waals surface area contributed by atoms with Crippen LogP contribution >= 0.6 is 23.2 Å². The minimum absolute atomic E-state index is 0.131. The number of hydrogen-bond donors (Lipinski definition) is 1. The van der Waals surface area contributed by atoms with Gasteiger partial charge in [0.05, 0.1) is 6.42 Å². The minimum atomic E-state index is -0.620. The maximum absolute atomic E-state index is 13.1. The fraction of sp³-hybridized carbons (Fsp3) is 0.364. The Balaban J connectivity index is 2.29. The van der Waals surface area contributed by atoms with Crippen LogP contribution in [-0.4, -0.2) is 29.3 Å². The number of benzene rings is 2. The monoisotopic (exact) mass is 420 g/mol. The van der Waals surface area contributed by atoms with E-state index in [-0.39, 0.29) is 24.8 Å².